The van der Waals surface area contributed by atoms with Crippen molar-refractivity contribution in [2.75, 3.05) is 20.3 Å². The highest BCUT2D eigenvalue weighted by molar-refractivity contribution is 5.81. The molecule has 176 valence electrons. The normalized spacial score (nSPS) is 11.9. The van der Waals surface area contributed by atoms with Crippen molar-refractivity contribution < 1.29 is 19.1 Å². The van der Waals surface area contributed by atoms with E-state index in [4.69, 9.17) is 9.47 Å². The number of amides is 1. The molecule has 0 fully saturated rings. The summed E-state index contributed by atoms with van der Waals surface area (Å²) in [5.41, 5.74) is 0. The molecule has 0 spiro atoms. The number of esters is 1. The Morgan fingerprint density at radius 3 is 1.80 bits per heavy atom. The Morgan fingerprint density at radius 1 is 0.833 bits per heavy atom. The number of carbonyl (C=O) groups excluding carboxylic acids is 2. The molecule has 1 atom stereocenters. The molecule has 0 bridgehead atoms. The number of hydrogen-bond donors (Lipinski definition) is 0. The van der Waals surface area contributed by atoms with Crippen LogP contribution in [0.5, 0.6) is 0 Å². The zero-order chi connectivity index (χ0) is 22.6. The molecule has 0 aromatic rings. The first-order valence-corrected chi connectivity index (χ1v) is 12.1. The molecule has 0 saturated carbocycles. The van der Waals surface area contributed by atoms with Crippen molar-refractivity contribution in [2.24, 2.45) is 5.92 Å². The molecule has 1 amide bonds. The summed E-state index contributed by atoms with van der Waals surface area (Å²) in [7, 11) is 1.59. The van der Waals surface area contributed by atoms with Crippen molar-refractivity contribution in [3.05, 3.63) is 12.7 Å². The molecule has 0 aliphatic rings. The van der Waals surface area contributed by atoms with Crippen LogP contribution < -0.4 is 0 Å². The van der Waals surface area contributed by atoms with Gasteiger partial charge in [-0.1, -0.05) is 97.5 Å². The molecule has 5 nitrogen and oxygen atoms in total. The molecular formula is C25H47NO4. The molecule has 0 rings (SSSR count). The zero-order valence-electron chi connectivity index (χ0n) is 20.1. The maximum Gasteiger partial charge on any atom is 0.410 e. The zero-order valence-corrected chi connectivity index (χ0v) is 20.1. The van der Waals surface area contributed by atoms with E-state index in [9.17, 15) is 9.59 Å². The topological polar surface area (TPSA) is 55.8 Å². The Bertz CT molecular complexity index is 450. The van der Waals surface area contributed by atoms with Gasteiger partial charge in [-0.25, -0.2) is 9.59 Å². The lowest BCUT2D eigenvalue weighted by Crippen LogP contribution is -2.46. The van der Waals surface area contributed by atoms with Crippen molar-refractivity contribution in [1.29, 1.82) is 0 Å². The molecule has 1 unspecified atom stereocenters. The van der Waals surface area contributed by atoms with Gasteiger partial charge >= 0.3 is 12.1 Å². The van der Waals surface area contributed by atoms with Crippen molar-refractivity contribution in [2.45, 2.75) is 110 Å². The third kappa shape index (κ3) is 14.5. The lowest BCUT2D eigenvalue weighted by molar-refractivity contribution is -0.150. The third-order valence-corrected chi connectivity index (χ3v) is 5.37. The first kappa shape index (κ1) is 28.5. The van der Waals surface area contributed by atoms with Crippen LogP contribution in [0.2, 0.25) is 0 Å². The predicted octanol–water partition coefficient (Wildman–Crippen LogP) is 6.90. The molecule has 0 heterocycles. The fourth-order valence-corrected chi connectivity index (χ4v) is 3.52. The molecule has 0 saturated heterocycles. The van der Waals surface area contributed by atoms with Crippen LogP contribution >= 0.6 is 0 Å². The minimum atomic E-state index is -0.626. The molecule has 0 aliphatic heterocycles. The van der Waals surface area contributed by atoms with E-state index < -0.39 is 12.1 Å². The van der Waals surface area contributed by atoms with E-state index in [2.05, 4.69) is 13.5 Å². The van der Waals surface area contributed by atoms with Crippen LogP contribution in [0.4, 0.5) is 4.79 Å². The fourth-order valence-electron chi connectivity index (χ4n) is 3.52. The van der Waals surface area contributed by atoms with Crippen LogP contribution in [0.15, 0.2) is 12.7 Å². The highest BCUT2D eigenvalue weighted by Gasteiger charge is 2.31. The van der Waals surface area contributed by atoms with E-state index >= 15 is 0 Å². The molecule has 30 heavy (non-hydrogen) atoms. The van der Waals surface area contributed by atoms with E-state index in [1.807, 2.05) is 13.8 Å². The molecule has 0 aromatic carbocycles. The predicted molar refractivity (Wildman–Crippen MR) is 125 cm³/mol. The molecular weight excluding hydrogens is 378 g/mol. The quantitative estimate of drug-likeness (QED) is 0.128. The Labute approximate surface area is 185 Å². The second kappa shape index (κ2) is 19.4. The standard InChI is InChI=1S/C25H47NO4/c1-6-8-10-11-12-13-14-15-16-17-18-19-21-29-24(27)23(22(3)4)26(5)25(28)30-20-9-7-2/h7,22-23H,2,6,8-21H2,1,3-5H3. The van der Waals surface area contributed by atoms with Gasteiger partial charge in [-0.15, -0.1) is 6.58 Å². The van der Waals surface area contributed by atoms with E-state index in [-0.39, 0.29) is 18.5 Å². The minimum Gasteiger partial charge on any atom is -0.464 e. The molecule has 5 heteroatoms. The van der Waals surface area contributed by atoms with Gasteiger partial charge in [0.1, 0.15) is 6.04 Å². The van der Waals surface area contributed by atoms with Crippen molar-refractivity contribution in [1.82, 2.24) is 4.90 Å². The number of rotatable bonds is 19. The Balaban J connectivity index is 3.87. The second-order valence-corrected chi connectivity index (χ2v) is 8.55. The van der Waals surface area contributed by atoms with Gasteiger partial charge in [0.25, 0.3) is 0 Å². The summed E-state index contributed by atoms with van der Waals surface area (Å²) in [5, 5.41) is 0. The number of carbonyl (C=O) groups is 2. The van der Waals surface area contributed by atoms with E-state index in [1.165, 1.54) is 69.1 Å². The summed E-state index contributed by atoms with van der Waals surface area (Å²) in [5.74, 6) is -0.396. The number of hydrogen-bond acceptors (Lipinski definition) is 4. The average molecular weight is 426 g/mol. The highest BCUT2D eigenvalue weighted by Crippen LogP contribution is 2.14. The van der Waals surface area contributed by atoms with E-state index in [1.54, 1.807) is 13.1 Å². The minimum absolute atomic E-state index is 0.0450. The first-order valence-electron chi connectivity index (χ1n) is 12.1. The van der Waals surface area contributed by atoms with Gasteiger partial charge in [-0.2, -0.15) is 0 Å². The van der Waals surface area contributed by atoms with Gasteiger partial charge in [-0.05, 0) is 18.8 Å². The van der Waals surface area contributed by atoms with Gasteiger partial charge in [0, 0.05) is 7.05 Å². The van der Waals surface area contributed by atoms with E-state index in [0.29, 0.717) is 13.0 Å². The number of ether oxygens (including phenoxy) is 2. The monoisotopic (exact) mass is 425 g/mol. The van der Waals surface area contributed by atoms with Crippen molar-refractivity contribution >= 4 is 12.1 Å². The lowest BCUT2D eigenvalue weighted by Gasteiger charge is -2.28. The van der Waals surface area contributed by atoms with Crippen LogP contribution in [-0.4, -0.2) is 43.3 Å². The van der Waals surface area contributed by atoms with Crippen molar-refractivity contribution in [3.8, 4) is 0 Å². The summed E-state index contributed by atoms with van der Waals surface area (Å²) in [6.45, 7) is 10.4. The van der Waals surface area contributed by atoms with Crippen LogP contribution in [-0.2, 0) is 14.3 Å². The smallest absolute Gasteiger partial charge is 0.410 e. The lowest BCUT2D eigenvalue weighted by atomic mass is 10.0. The largest absolute Gasteiger partial charge is 0.464 e. The SMILES string of the molecule is C=CCCOC(=O)N(C)C(C(=O)OCCCCCCCCCCCCCC)C(C)C. The Kier molecular flexibility index (Phi) is 18.5. The number of nitrogens with zero attached hydrogens (tertiary/aromatic N) is 1. The molecule has 0 aliphatic carbocycles. The van der Waals surface area contributed by atoms with Gasteiger partial charge < -0.3 is 9.47 Å². The maximum absolute atomic E-state index is 12.5. The summed E-state index contributed by atoms with van der Waals surface area (Å²) >= 11 is 0. The first-order chi connectivity index (χ1) is 14.5. The maximum atomic E-state index is 12.5. The fraction of sp³-hybridized carbons (Fsp3) is 0.840. The third-order valence-electron chi connectivity index (χ3n) is 5.37. The Hall–Kier alpha value is -1.52. The van der Waals surface area contributed by atoms with Gasteiger partial charge in [0.15, 0.2) is 0 Å². The highest BCUT2D eigenvalue weighted by atomic mass is 16.6. The van der Waals surface area contributed by atoms with Crippen molar-refractivity contribution in [3.63, 3.8) is 0 Å². The van der Waals surface area contributed by atoms with Crippen LogP contribution in [0, 0.1) is 5.92 Å². The van der Waals surface area contributed by atoms with Crippen LogP contribution in [0.1, 0.15) is 104 Å². The van der Waals surface area contributed by atoms with E-state index in [0.717, 1.165) is 12.8 Å². The number of unbranched alkanes of at least 4 members (excludes halogenated alkanes) is 11. The van der Waals surface area contributed by atoms with Gasteiger partial charge in [0.05, 0.1) is 13.2 Å². The van der Waals surface area contributed by atoms with Crippen LogP contribution in [0.25, 0.3) is 0 Å². The summed E-state index contributed by atoms with van der Waals surface area (Å²) in [6.07, 6.45) is 17.0. The van der Waals surface area contributed by atoms with Gasteiger partial charge in [-0.3, -0.25) is 4.90 Å². The molecule has 0 aromatic heterocycles. The Morgan fingerprint density at radius 2 is 1.33 bits per heavy atom. The summed E-state index contributed by atoms with van der Waals surface area (Å²) in [6, 6.07) is -0.626. The summed E-state index contributed by atoms with van der Waals surface area (Å²) < 4.78 is 10.6. The summed E-state index contributed by atoms with van der Waals surface area (Å²) in [4.78, 5) is 25.9. The average Bonchev–Trinajstić information content (AvgIpc) is 2.71. The van der Waals surface area contributed by atoms with Gasteiger partial charge in [0.2, 0.25) is 0 Å². The molecule has 0 radical (unpaired) electrons. The van der Waals surface area contributed by atoms with Crippen LogP contribution in [0.3, 0.4) is 0 Å². The molecule has 0 N–H and O–H groups in total. The second-order valence-electron chi connectivity index (χ2n) is 8.55. The number of likely N-dealkylation sites (N-methyl/N-ethyl adjacent to an activating group) is 1.